The number of hydrogen-bond acceptors (Lipinski definition) is 4. The molecule has 0 aliphatic carbocycles. The highest BCUT2D eigenvalue weighted by Crippen LogP contribution is 2.43. The maximum Gasteiger partial charge on any atom is 0.451 e. The Kier molecular flexibility index (Phi) is 5.03. The fourth-order valence-corrected chi connectivity index (χ4v) is 2.19. The fourth-order valence-electron chi connectivity index (χ4n) is 2.00. The van der Waals surface area contributed by atoms with Crippen LogP contribution in [0.3, 0.4) is 0 Å². The van der Waals surface area contributed by atoms with Gasteiger partial charge >= 0.3 is 12.4 Å². The van der Waals surface area contributed by atoms with Gasteiger partial charge in [-0.15, -0.1) is 0 Å². The summed E-state index contributed by atoms with van der Waals surface area (Å²) in [5, 5.41) is 0.103. The molecule has 0 saturated carbocycles. The van der Waals surface area contributed by atoms with Crippen LogP contribution in [0.1, 0.15) is 11.5 Å². The first-order chi connectivity index (χ1) is 11.5. The van der Waals surface area contributed by atoms with Crippen molar-refractivity contribution in [3.8, 4) is 22.8 Å². The highest BCUT2D eigenvalue weighted by atomic mass is 35.5. The largest absolute Gasteiger partial charge is 0.495 e. The predicted molar refractivity (Wildman–Crippen MR) is 75.6 cm³/mol. The number of ether oxygens (including phenoxy) is 2. The van der Waals surface area contributed by atoms with Crippen LogP contribution in [-0.2, 0) is 12.4 Å². The quantitative estimate of drug-likeness (QED) is 0.707. The van der Waals surface area contributed by atoms with E-state index in [0.717, 1.165) is 19.2 Å². The minimum atomic E-state index is -5.18. The second kappa shape index (κ2) is 6.58. The maximum atomic E-state index is 13.3. The van der Waals surface area contributed by atoms with Crippen molar-refractivity contribution in [3.63, 3.8) is 0 Å². The van der Waals surface area contributed by atoms with Gasteiger partial charge in [-0.2, -0.15) is 31.3 Å². The molecule has 136 valence electrons. The summed E-state index contributed by atoms with van der Waals surface area (Å²) in [6.45, 7) is 0. The molecule has 0 radical (unpaired) electrons. The molecule has 0 fully saturated rings. The zero-order chi connectivity index (χ0) is 19.0. The van der Waals surface area contributed by atoms with Gasteiger partial charge in [-0.3, -0.25) is 0 Å². The molecule has 0 bridgehead atoms. The lowest BCUT2D eigenvalue weighted by Gasteiger charge is -2.17. The van der Waals surface area contributed by atoms with Gasteiger partial charge in [-0.05, 0) is 17.7 Å². The first-order valence-electron chi connectivity index (χ1n) is 6.43. The molecular formula is C14H9ClF6N2O2. The van der Waals surface area contributed by atoms with Gasteiger partial charge in [0.15, 0.2) is 5.69 Å². The smallest absolute Gasteiger partial charge is 0.451 e. The predicted octanol–water partition coefficient (Wildman–Crippen LogP) is 4.85. The van der Waals surface area contributed by atoms with Crippen LogP contribution in [0.2, 0.25) is 5.02 Å². The molecule has 25 heavy (non-hydrogen) atoms. The van der Waals surface area contributed by atoms with Crippen molar-refractivity contribution in [1.29, 1.82) is 0 Å². The third-order valence-electron chi connectivity index (χ3n) is 3.03. The Balaban J connectivity index is 2.84. The van der Waals surface area contributed by atoms with E-state index in [-0.39, 0.29) is 16.3 Å². The third-order valence-corrected chi connectivity index (χ3v) is 3.34. The Morgan fingerprint density at radius 2 is 1.56 bits per heavy atom. The zero-order valence-corrected chi connectivity index (χ0v) is 13.3. The molecular weight excluding hydrogens is 378 g/mol. The Morgan fingerprint density at radius 3 is 2.04 bits per heavy atom. The molecule has 0 spiro atoms. The van der Waals surface area contributed by atoms with Crippen LogP contribution < -0.4 is 9.47 Å². The van der Waals surface area contributed by atoms with E-state index in [9.17, 15) is 26.3 Å². The molecule has 4 nitrogen and oxygen atoms in total. The molecule has 11 heteroatoms. The average Bonchev–Trinajstić information content (AvgIpc) is 2.52. The van der Waals surface area contributed by atoms with Crippen molar-refractivity contribution in [2.75, 3.05) is 14.2 Å². The van der Waals surface area contributed by atoms with Gasteiger partial charge in [0.2, 0.25) is 11.7 Å². The van der Waals surface area contributed by atoms with Crippen LogP contribution in [0.5, 0.6) is 11.6 Å². The summed E-state index contributed by atoms with van der Waals surface area (Å²) in [5.41, 5.74) is -2.70. The molecule has 0 saturated heterocycles. The Bertz CT molecular complexity index is 792. The lowest BCUT2D eigenvalue weighted by molar-refractivity contribution is -0.152. The van der Waals surface area contributed by atoms with Gasteiger partial charge in [0, 0.05) is 0 Å². The van der Waals surface area contributed by atoms with E-state index in [1.165, 1.54) is 13.2 Å². The summed E-state index contributed by atoms with van der Waals surface area (Å²) in [5.74, 6) is -2.81. The molecule has 1 aromatic heterocycles. The molecule has 2 aromatic rings. The molecule has 0 N–H and O–H groups in total. The van der Waals surface area contributed by atoms with Crippen LogP contribution in [0.4, 0.5) is 26.3 Å². The van der Waals surface area contributed by atoms with E-state index in [0.29, 0.717) is 0 Å². The SMILES string of the molecule is COc1cc(-c2c(OC)nc(C(F)(F)F)nc2C(F)(F)F)ccc1Cl. The van der Waals surface area contributed by atoms with E-state index in [4.69, 9.17) is 16.3 Å². The first kappa shape index (κ1) is 19.1. The number of aromatic nitrogens is 2. The Labute approximate surface area is 142 Å². The monoisotopic (exact) mass is 386 g/mol. The maximum absolute atomic E-state index is 13.3. The fraction of sp³-hybridized carbons (Fsp3) is 0.286. The molecule has 0 aliphatic rings. The Morgan fingerprint density at radius 1 is 0.920 bits per heavy atom. The molecule has 1 heterocycles. The van der Waals surface area contributed by atoms with Crippen molar-refractivity contribution in [2.24, 2.45) is 0 Å². The van der Waals surface area contributed by atoms with Crippen molar-refractivity contribution in [3.05, 3.63) is 34.7 Å². The summed E-state index contributed by atoms with van der Waals surface area (Å²) in [6, 6.07) is 3.51. The van der Waals surface area contributed by atoms with Crippen LogP contribution in [-0.4, -0.2) is 24.2 Å². The summed E-state index contributed by atoms with van der Waals surface area (Å²) >= 11 is 5.81. The van der Waals surface area contributed by atoms with Gasteiger partial charge in [0.1, 0.15) is 5.75 Å². The van der Waals surface area contributed by atoms with E-state index in [2.05, 4.69) is 14.7 Å². The first-order valence-corrected chi connectivity index (χ1v) is 6.81. The number of nitrogens with zero attached hydrogens (tertiary/aromatic N) is 2. The van der Waals surface area contributed by atoms with Gasteiger partial charge in [-0.1, -0.05) is 17.7 Å². The van der Waals surface area contributed by atoms with E-state index < -0.39 is 35.3 Å². The van der Waals surface area contributed by atoms with Gasteiger partial charge in [0.05, 0.1) is 24.8 Å². The van der Waals surface area contributed by atoms with Crippen molar-refractivity contribution < 1.29 is 35.8 Å². The highest BCUT2D eigenvalue weighted by molar-refractivity contribution is 6.32. The molecule has 0 atom stereocenters. The summed E-state index contributed by atoms with van der Waals surface area (Å²) in [6.07, 6.45) is -10.4. The topological polar surface area (TPSA) is 44.2 Å². The van der Waals surface area contributed by atoms with Gasteiger partial charge < -0.3 is 9.47 Å². The second-order valence-electron chi connectivity index (χ2n) is 4.62. The van der Waals surface area contributed by atoms with Crippen molar-refractivity contribution in [2.45, 2.75) is 12.4 Å². The molecule has 0 aliphatic heterocycles. The third kappa shape index (κ3) is 3.89. The van der Waals surface area contributed by atoms with E-state index >= 15 is 0 Å². The molecule has 0 amide bonds. The standard InChI is InChI=1S/C14H9ClF6N2O2/c1-24-8-5-6(3-4-7(8)15)9-10(13(16,17)18)22-12(14(19,20)21)23-11(9)25-2/h3-5H,1-2H3. The number of benzene rings is 1. The number of methoxy groups -OCH3 is 2. The summed E-state index contributed by atoms with van der Waals surface area (Å²) in [4.78, 5) is 5.72. The Hall–Kier alpha value is -2.23. The van der Waals surface area contributed by atoms with Gasteiger partial charge in [-0.25, -0.2) is 4.98 Å². The van der Waals surface area contributed by atoms with Crippen LogP contribution in [0.25, 0.3) is 11.1 Å². The number of alkyl halides is 6. The minimum Gasteiger partial charge on any atom is -0.495 e. The van der Waals surface area contributed by atoms with Gasteiger partial charge in [0.25, 0.3) is 0 Å². The number of rotatable bonds is 3. The normalized spacial score (nSPS) is 12.2. The molecule has 1 aromatic carbocycles. The highest BCUT2D eigenvalue weighted by Gasteiger charge is 2.43. The van der Waals surface area contributed by atoms with Crippen LogP contribution in [0.15, 0.2) is 18.2 Å². The second-order valence-corrected chi connectivity index (χ2v) is 5.03. The summed E-state index contributed by atoms with van der Waals surface area (Å²) in [7, 11) is 2.13. The number of hydrogen-bond donors (Lipinski definition) is 0. The van der Waals surface area contributed by atoms with Crippen molar-refractivity contribution >= 4 is 11.6 Å². The summed E-state index contributed by atoms with van der Waals surface area (Å²) < 4.78 is 87.9. The van der Waals surface area contributed by atoms with E-state index in [1.807, 2.05) is 0 Å². The van der Waals surface area contributed by atoms with Crippen LogP contribution >= 0.6 is 11.6 Å². The van der Waals surface area contributed by atoms with Crippen LogP contribution in [0, 0.1) is 0 Å². The molecule has 2 rings (SSSR count). The number of halogens is 7. The average molecular weight is 387 g/mol. The van der Waals surface area contributed by atoms with Crippen molar-refractivity contribution in [1.82, 2.24) is 9.97 Å². The minimum absolute atomic E-state index is 0.0224. The van der Waals surface area contributed by atoms with E-state index in [1.54, 1.807) is 0 Å². The zero-order valence-electron chi connectivity index (χ0n) is 12.6. The lowest BCUT2D eigenvalue weighted by Crippen LogP contribution is -2.19. The lowest BCUT2D eigenvalue weighted by atomic mass is 10.0. The molecule has 0 unspecified atom stereocenters.